The third-order valence-electron chi connectivity index (χ3n) is 2.20. The summed E-state index contributed by atoms with van der Waals surface area (Å²) >= 11 is 0. The maximum Gasteiger partial charge on any atom is 0.221 e. The summed E-state index contributed by atoms with van der Waals surface area (Å²) in [6.45, 7) is 7.64. The predicted molar refractivity (Wildman–Crippen MR) is 67.3 cm³/mol. The summed E-state index contributed by atoms with van der Waals surface area (Å²) < 4.78 is 0. The molecule has 1 amide bonds. The molecule has 0 spiro atoms. The summed E-state index contributed by atoms with van der Waals surface area (Å²) in [7, 11) is 0. The number of carbonyl (C=O) groups is 1. The topological polar surface area (TPSA) is 41.1 Å². The van der Waals surface area contributed by atoms with Crippen LogP contribution in [0.1, 0.15) is 26.3 Å². The van der Waals surface area contributed by atoms with Crippen LogP contribution in [0.3, 0.4) is 0 Å². The number of amides is 1. The van der Waals surface area contributed by atoms with E-state index in [2.05, 4.69) is 24.5 Å². The minimum Gasteiger partial charge on any atom is -0.326 e. The Morgan fingerprint density at radius 1 is 1.31 bits per heavy atom. The van der Waals surface area contributed by atoms with E-state index in [0.29, 0.717) is 5.92 Å². The fraction of sp³-hybridized carbons (Fsp3) is 0.462. The van der Waals surface area contributed by atoms with Crippen molar-refractivity contribution in [1.82, 2.24) is 5.32 Å². The van der Waals surface area contributed by atoms with E-state index < -0.39 is 0 Å². The SMILES string of the molecule is CC(=O)Nc1ccccc1CNCC(C)C. The Morgan fingerprint density at radius 2 is 2.00 bits per heavy atom. The molecule has 1 aromatic rings. The molecular formula is C13H20N2O. The van der Waals surface area contributed by atoms with Crippen LogP contribution in [0.25, 0.3) is 0 Å². The Morgan fingerprint density at radius 3 is 2.62 bits per heavy atom. The number of nitrogens with one attached hydrogen (secondary N) is 2. The molecule has 16 heavy (non-hydrogen) atoms. The molecule has 2 N–H and O–H groups in total. The maximum atomic E-state index is 11.0. The van der Waals surface area contributed by atoms with E-state index in [1.165, 1.54) is 6.92 Å². The zero-order valence-corrected chi connectivity index (χ0v) is 10.2. The van der Waals surface area contributed by atoms with Crippen LogP contribution >= 0.6 is 0 Å². The molecule has 3 nitrogen and oxygen atoms in total. The number of rotatable bonds is 5. The third-order valence-corrected chi connectivity index (χ3v) is 2.20. The van der Waals surface area contributed by atoms with Gasteiger partial charge in [0.25, 0.3) is 0 Å². The van der Waals surface area contributed by atoms with Gasteiger partial charge in [-0.1, -0.05) is 32.0 Å². The molecule has 3 heteroatoms. The molecule has 0 bridgehead atoms. The number of hydrogen-bond acceptors (Lipinski definition) is 2. The molecule has 0 saturated heterocycles. The molecule has 0 heterocycles. The van der Waals surface area contributed by atoms with Crippen molar-refractivity contribution in [3.05, 3.63) is 29.8 Å². The summed E-state index contributed by atoms with van der Waals surface area (Å²) in [5.41, 5.74) is 2.02. The molecule has 0 aliphatic rings. The van der Waals surface area contributed by atoms with Crippen molar-refractivity contribution in [3.63, 3.8) is 0 Å². The smallest absolute Gasteiger partial charge is 0.221 e. The van der Waals surface area contributed by atoms with Crippen LogP contribution in [0.2, 0.25) is 0 Å². The van der Waals surface area contributed by atoms with Gasteiger partial charge >= 0.3 is 0 Å². The largest absolute Gasteiger partial charge is 0.326 e. The number of benzene rings is 1. The highest BCUT2D eigenvalue weighted by Crippen LogP contribution is 2.14. The lowest BCUT2D eigenvalue weighted by Crippen LogP contribution is -2.20. The van der Waals surface area contributed by atoms with Gasteiger partial charge in [0.15, 0.2) is 0 Å². The first-order chi connectivity index (χ1) is 7.59. The molecule has 0 aromatic heterocycles. The highest BCUT2D eigenvalue weighted by Gasteiger charge is 2.02. The fourth-order valence-corrected chi connectivity index (χ4v) is 1.48. The van der Waals surface area contributed by atoms with Crippen molar-refractivity contribution in [1.29, 1.82) is 0 Å². The molecule has 0 saturated carbocycles. The number of hydrogen-bond donors (Lipinski definition) is 2. The van der Waals surface area contributed by atoms with Gasteiger partial charge in [-0.05, 0) is 24.1 Å². The van der Waals surface area contributed by atoms with E-state index in [-0.39, 0.29) is 5.91 Å². The number of para-hydroxylation sites is 1. The van der Waals surface area contributed by atoms with E-state index in [1.54, 1.807) is 0 Å². The minimum atomic E-state index is -0.0312. The molecule has 0 fully saturated rings. The summed E-state index contributed by atoms with van der Waals surface area (Å²) in [6, 6.07) is 7.86. The van der Waals surface area contributed by atoms with Crippen LogP contribution in [0.4, 0.5) is 5.69 Å². The monoisotopic (exact) mass is 220 g/mol. The second-order valence-corrected chi connectivity index (χ2v) is 4.36. The van der Waals surface area contributed by atoms with E-state index in [1.807, 2.05) is 24.3 Å². The van der Waals surface area contributed by atoms with Gasteiger partial charge in [-0.2, -0.15) is 0 Å². The molecule has 88 valence electrons. The predicted octanol–water partition coefficient (Wildman–Crippen LogP) is 2.39. The van der Waals surface area contributed by atoms with Crippen molar-refractivity contribution in [2.24, 2.45) is 5.92 Å². The van der Waals surface area contributed by atoms with Crippen LogP contribution in [0.15, 0.2) is 24.3 Å². The quantitative estimate of drug-likeness (QED) is 0.800. The lowest BCUT2D eigenvalue weighted by Gasteiger charge is -2.11. The summed E-state index contributed by atoms with van der Waals surface area (Å²) in [5.74, 6) is 0.601. The van der Waals surface area contributed by atoms with Gasteiger partial charge in [-0.15, -0.1) is 0 Å². The van der Waals surface area contributed by atoms with Crippen molar-refractivity contribution < 1.29 is 4.79 Å². The average molecular weight is 220 g/mol. The van der Waals surface area contributed by atoms with E-state index in [4.69, 9.17) is 0 Å². The first kappa shape index (κ1) is 12.7. The number of anilines is 1. The van der Waals surface area contributed by atoms with Gasteiger partial charge in [0.05, 0.1) is 0 Å². The average Bonchev–Trinajstić information content (AvgIpc) is 2.19. The minimum absolute atomic E-state index is 0.0312. The van der Waals surface area contributed by atoms with Crippen LogP contribution in [0.5, 0.6) is 0 Å². The lowest BCUT2D eigenvalue weighted by molar-refractivity contribution is -0.114. The van der Waals surface area contributed by atoms with Crippen LogP contribution in [-0.2, 0) is 11.3 Å². The van der Waals surface area contributed by atoms with Gasteiger partial charge < -0.3 is 10.6 Å². The highest BCUT2D eigenvalue weighted by molar-refractivity contribution is 5.89. The Labute approximate surface area is 97.2 Å². The van der Waals surface area contributed by atoms with Crippen molar-refractivity contribution in [2.45, 2.75) is 27.3 Å². The standard InChI is InChI=1S/C13H20N2O/c1-10(2)8-14-9-12-6-4-5-7-13(12)15-11(3)16/h4-7,10,14H,8-9H2,1-3H3,(H,15,16). The normalized spacial score (nSPS) is 10.5. The van der Waals surface area contributed by atoms with E-state index >= 15 is 0 Å². The summed E-state index contributed by atoms with van der Waals surface area (Å²) in [6.07, 6.45) is 0. The second kappa shape index (κ2) is 6.28. The first-order valence-corrected chi connectivity index (χ1v) is 5.66. The molecule has 0 atom stereocenters. The molecule has 0 radical (unpaired) electrons. The molecule has 0 aliphatic carbocycles. The Hall–Kier alpha value is -1.35. The molecule has 0 unspecified atom stereocenters. The van der Waals surface area contributed by atoms with Crippen LogP contribution < -0.4 is 10.6 Å². The molecule has 1 aromatic carbocycles. The van der Waals surface area contributed by atoms with Crippen molar-refractivity contribution in [2.75, 3.05) is 11.9 Å². The Balaban J connectivity index is 2.60. The fourth-order valence-electron chi connectivity index (χ4n) is 1.48. The Kier molecular flexibility index (Phi) is 4.99. The van der Waals surface area contributed by atoms with Crippen LogP contribution in [0, 0.1) is 5.92 Å². The van der Waals surface area contributed by atoms with Gasteiger partial charge in [0, 0.05) is 19.2 Å². The van der Waals surface area contributed by atoms with Gasteiger partial charge in [-0.25, -0.2) is 0 Å². The van der Waals surface area contributed by atoms with Gasteiger partial charge in [0.1, 0.15) is 0 Å². The van der Waals surface area contributed by atoms with E-state index in [0.717, 1.165) is 24.3 Å². The van der Waals surface area contributed by atoms with Gasteiger partial charge in [0.2, 0.25) is 5.91 Å². The zero-order valence-electron chi connectivity index (χ0n) is 10.2. The second-order valence-electron chi connectivity index (χ2n) is 4.36. The summed E-state index contributed by atoms with van der Waals surface area (Å²) in [4.78, 5) is 11.0. The van der Waals surface area contributed by atoms with E-state index in [9.17, 15) is 4.79 Å². The first-order valence-electron chi connectivity index (χ1n) is 5.66. The number of carbonyl (C=O) groups excluding carboxylic acids is 1. The third kappa shape index (κ3) is 4.45. The van der Waals surface area contributed by atoms with Gasteiger partial charge in [-0.3, -0.25) is 4.79 Å². The molecule has 1 rings (SSSR count). The molecular weight excluding hydrogens is 200 g/mol. The Bertz CT molecular complexity index is 348. The maximum absolute atomic E-state index is 11.0. The summed E-state index contributed by atoms with van der Waals surface area (Å²) in [5, 5.41) is 6.20. The van der Waals surface area contributed by atoms with Crippen LogP contribution in [-0.4, -0.2) is 12.5 Å². The van der Waals surface area contributed by atoms with Crippen molar-refractivity contribution in [3.8, 4) is 0 Å². The highest BCUT2D eigenvalue weighted by atomic mass is 16.1. The lowest BCUT2D eigenvalue weighted by atomic mass is 10.1. The van der Waals surface area contributed by atoms with Crippen molar-refractivity contribution >= 4 is 11.6 Å². The zero-order chi connectivity index (χ0) is 12.0. The molecule has 0 aliphatic heterocycles.